The van der Waals surface area contributed by atoms with Crippen LogP contribution >= 0.6 is 23.2 Å². The summed E-state index contributed by atoms with van der Waals surface area (Å²) in [7, 11) is 0. The van der Waals surface area contributed by atoms with Crippen molar-refractivity contribution >= 4 is 46.4 Å². The number of aromatic amines is 1. The molecule has 34 heavy (non-hydrogen) atoms. The van der Waals surface area contributed by atoms with Gasteiger partial charge in [-0.25, -0.2) is 4.98 Å². The number of hydrogen-bond donors (Lipinski definition) is 3. The van der Waals surface area contributed by atoms with Crippen LogP contribution in [0.15, 0.2) is 66.9 Å². The van der Waals surface area contributed by atoms with E-state index in [1.165, 1.54) is 0 Å². The number of H-pyrrole nitrogens is 1. The second-order valence-electron chi connectivity index (χ2n) is 7.68. The highest BCUT2D eigenvalue weighted by Crippen LogP contribution is 2.25. The maximum atomic E-state index is 12.5. The molecule has 2 aromatic carbocycles. The highest BCUT2D eigenvalue weighted by molar-refractivity contribution is 6.35. The van der Waals surface area contributed by atoms with E-state index in [1.807, 2.05) is 37.3 Å². The molecule has 0 unspecified atom stereocenters. The number of nitrogens with zero attached hydrogens (tertiary/aromatic N) is 4. The first kappa shape index (κ1) is 21.9. The molecule has 170 valence electrons. The normalized spacial score (nSPS) is 11.0. The fraction of sp³-hybridized carbons (Fsp3) is 0.0833. The number of nitrogens with one attached hydrogen (secondary N) is 3. The lowest BCUT2D eigenvalue weighted by Gasteiger charge is -2.12. The van der Waals surface area contributed by atoms with Crippen LogP contribution in [-0.2, 0) is 6.54 Å². The van der Waals surface area contributed by atoms with E-state index in [9.17, 15) is 4.79 Å². The van der Waals surface area contributed by atoms with Crippen molar-refractivity contribution in [3.8, 4) is 11.3 Å². The summed E-state index contributed by atoms with van der Waals surface area (Å²) in [6.45, 7) is 2.36. The lowest BCUT2D eigenvalue weighted by atomic mass is 10.1. The third-order valence-corrected chi connectivity index (χ3v) is 5.81. The zero-order valence-electron chi connectivity index (χ0n) is 18.0. The number of rotatable bonds is 6. The number of benzene rings is 2. The summed E-state index contributed by atoms with van der Waals surface area (Å²) in [6.07, 6.45) is 1.69. The average Bonchev–Trinajstić information content (AvgIpc) is 3.47. The Morgan fingerprint density at radius 2 is 1.88 bits per heavy atom. The maximum absolute atomic E-state index is 12.5. The second-order valence-corrected chi connectivity index (χ2v) is 8.53. The smallest absolute Gasteiger partial charge is 0.256 e. The van der Waals surface area contributed by atoms with Gasteiger partial charge >= 0.3 is 0 Å². The predicted molar refractivity (Wildman–Crippen MR) is 133 cm³/mol. The summed E-state index contributed by atoms with van der Waals surface area (Å²) >= 11 is 12.3. The first-order valence-electron chi connectivity index (χ1n) is 10.4. The standard InChI is InChI=1S/C24H19Cl2N7O/c1-14-10-21(32-31-14)30-24(34)16-4-2-15(3-5-16)20-12-23(33-22(29-20)8-9-28-33)27-13-17-6-7-18(25)11-19(17)26/h2-12,27H,13H2,1H3,(H2,30,31,32,34). The van der Waals surface area contributed by atoms with Gasteiger partial charge in [-0.05, 0) is 36.8 Å². The maximum Gasteiger partial charge on any atom is 0.256 e. The number of anilines is 2. The summed E-state index contributed by atoms with van der Waals surface area (Å²) in [5.41, 5.74) is 4.60. The van der Waals surface area contributed by atoms with Gasteiger partial charge in [0, 0.05) is 51.6 Å². The number of aromatic nitrogens is 5. The van der Waals surface area contributed by atoms with Crippen LogP contribution in [0.1, 0.15) is 21.6 Å². The zero-order chi connectivity index (χ0) is 23.7. The van der Waals surface area contributed by atoms with Crippen LogP contribution in [0.4, 0.5) is 11.6 Å². The third-order valence-electron chi connectivity index (χ3n) is 5.22. The van der Waals surface area contributed by atoms with Gasteiger partial charge in [-0.1, -0.05) is 41.4 Å². The van der Waals surface area contributed by atoms with Crippen molar-refractivity contribution in [2.75, 3.05) is 10.6 Å². The Kier molecular flexibility index (Phi) is 5.91. The highest BCUT2D eigenvalue weighted by atomic mass is 35.5. The highest BCUT2D eigenvalue weighted by Gasteiger charge is 2.12. The van der Waals surface area contributed by atoms with E-state index < -0.39 is 0 Å². The average molecular weight is 492 g/mol. The molecule has 3 aromatic heterocycles. The van der Waals surface area contributed by atoms with E-state index in [1.54, 1.807) is 41.0 Å². The van der Waals surface area contributed by atoms with Gasteiger partial charge in [0.2, 0.25) is 0 Å². The van der Waals surface area contributed by atoms with Crippen LogP contribution < -0.4 is 10.6 Å². The van der Waals surface area contributed by atoms with E-state index in [4.69, 9.17) is 28.2 Å². The van der Waals surface area contributed by atoms with Gasteiger partial charge in [-0.3, -0.25) is 9.89 Å². The molecular weight excluding hydrogens is 473 g/mol. The van der Waals surface area contributed by atoms with Crippen LogP contribution in [0.5, 0.6) is 0 Å². The molecule has 0 bridgehead atoms. The molecular formula is C24H19Cl2N7O. The van der Waals surface area contributed by atoms with Crippen molar-refractivity contribution in [2.24, 2.45) is 0 Å². The van der Waals surface area contributed by atoms with E-state index >= 15 is 0 Å². The van der Waals surface area contributed by atoms with Crippen molar-refractivity contribution in [1.82, 2.24) is 24.8 Å². The van der Waals surface area contributed by atoms with Crippen LogP contribution in [-0.4, -0.2) is 30.7 Å². The molecule has 0 saturated heterocycles. The lowest BCUT2D eigenvalue weighted by Crippen LogP contribution is -2.12. The van der Waals surface area contributed by atoms with Gasteiger partial charge in [-0.2, -0.15) is 14.7 Å². The van der Waals surface area contributed by atoms with Gasteiger partial charge in [-0.15, -0.1) is 0 Å². The minimum atomic E-state index is -0.237. The minimum absolute atomic E-state index is 0.237. The van der Waals surface area contributed by atoms with Crippen molar-refractivity contribution < 1.29 is 4.79 Å². The topological polar surface area (TPSA) is 100 Å². The number of aryl methyl sites for hydroxylation is 1. The van der Waals surface area contributed by atoms with Crippen LogP contribution in [0.3, 0.4) is 0 Å². The zero-order valence-corrected chi connectivity index (χ0v) is 19.5. The number of fused-ring (bicyclic) bond motifs is 1. The Balaban J connectivity index is 1.38. The Labute approximate surface area is 204 Å². The van der Waals surface area contributed by atoms with E-state index in [0.29, 0.717) is 33.6 Å². The molecule has 0 atom stereocenters. The van der Waals surface area contributed by atoms with E-state index in [0.717, 1.165) is 28.3 Å². The number of amides is 1. The number of carbonyl (C=O) groups excluding carboxylic acids is 1. The summed E-state index contributed by atoms with van der Waals surface area (Å²) in [4.78, 5) is 17.2. The molecule has 10 heteroatoms. The Morgan fingerprint density at radius 1 is 1.06 bits per heavy atom. The van der Waals surface area contributed by atoms with Crippen LogP contribution in [0.25, 0.3) is 16.9 Å². The van der Waals surface area contributed by atoms with Crippen molar-refractivity contribution in [3.63, 3.8) is 0 Å². The Bertz CT molecular complexity index is 1490. The molecule has 5 rings (SSSR count). The van der Waals surface area contributed by atoms with Crippen LogP contribution in [0, 0.1) is 6.92 Å². The molecule has 0 spiro atoms. The summed E-state index contributed by atoms with van der Waals surface area (Å²) in [5, 5.41) is 18.5. The van der Waals surface area contributed by atoms with Crippen molar-refractivity contribution in [3.05, 3.63) is 93.7 Å². The number of carbonyl (C=O) groups is 1. The molecule has 0 aliphatic carbocycles. The SMILES string of the molecule is Cc1cc(NC(=O)c2ccc(-c3cc(NCc4ccc(Cl)cc4Cl)n4nccc4n3)cc2)n[nH]1. The summed E-state index contributed by atoms with van der Waals surface area (Å²) < 4.78 is 1.72. The molecule has 8 nitrogen and oxygen atoms in total. The van der Waals surface area contributed by atoms with Crippen molar-refractivity contribution in [1.29, 1.82) is 0 Å². The second kappa shape index (κ2) is 9.17. The van der Waals surface area contributed by atoms with Gasteiger partial charge in [0.25, 0.3) is 5.91 Å². The molecule has 0 radical (unpaired) electrons. The first-order chi connectivity index (χ1) is 16.5. The van der Waals surface area contributed by atoms with Crippen LogP contribution in [0.2, 0.25) is 10.0 Å². The predicted octanol–water partition coefficient (Wildman–Crippen LogP) is 5.60. The number of hydrogen-bond acceptors (Lipinski definition) is 5. The molecule has 0 aliphatic rings. The Hall–Kier alpha value is -3.88. The molecule has 0 fully saturated rings. The fourth-order valence-electron chi connectivity index (χ4n) is 3.50. The Morgan fingerprint density at radius 3 is 2.62 bits per heavy atom. The summed E-state index contributed by atoms with van der Waals surface area (Å²) in [6, 6.07) is 18.1. The summed E-state index contributed by atoms with van der Waals surface area (Å²) in [5.74, 6) is 1.00. The largest absolute Gasteiger partial charge is 0.366 e. The number of halogens is 2. The fourth-order valence-corrected chi connectivity index (χ4v) is 3.98. The minimum Gasteiger partial charge on any atom is -0.366 e. The molecule has 3 N–H and O–H groups in total. The molecule has 0 aliphatic heterocycles. The quantitative estimate of drug-likeness (QED) is 0.287. The van der Waals surface area contributed by atoms with Gasteiger partial charge < -0.3 is 10.6 Å². The molecule has 0 saturated carbocycles. The lowest BCUT2D eigenvalue weighted by molar-refractivity contribution is 0.102. The van der Waals surface area contributed by atoms with E-state index in [-0.39, 0.29) is 5.91 Å². The first-order valence-corrected chi connectivity index (χ1v) is 11.2. The molecule has 3 heterocycles. The third kappa shape index (κ3) is 4.59. The van der Waals surface area contributed by atoms with Gasteiger partial charge in [0.05, 0.1) is 11.9 Å². The monoisotopic (exact) mass is 491 g/mol. The molecule has 1 amide bonds. The van der Waals surface area contributed by atoms with Crippen molar-refractivity contribution in [2.45, 2.75) is 13.5 Å². The molecule has 5 aromatic rings. The van der Waals surface area contributed by atoms with Gasteiger partial charge in [0.15, 0.2) is 11.5 Å². The van der Waals surface area contributed by atoms with Gasteiger partial charge in [0.1, 0.15) is 5.82 Å². The van der Waals surface area contributed by atoms with E-state index in [2.05, 4.69) is 25.9 Å².